The number of carbonyl (C=O) groups is 1. The van der Waals surface area contributed by atoms with E-state index in [1.54, 1.807) is 50.2 Å². The molecule has 2 aromatic rings. The minimum absolute atomic E-state index is 0.265. The van der Waals surface area contributed by atoms with Gasteiger partial charge in [0.1, 0.15) is 17.6 Å². The molecule has 1 unspecified atom stereocenters. The summed E-state index contributed by atoms with van der Waals surface area (Å²) in [6.07, 6.45) is 1.11. The Morgan fingerprint density at radius 3 is 2.65 bits per heavy atom. The van der Waals surface area contributed by atoms with Gasteiger partial charge < -0.3 is 19.6 Å². The van der Waals surface area contributed by atoms with E-state index in [0.29, 0.717) is 29.5 Å². The minimum atomic E-state index is -1.04. The first-order chi connectivity index (χ1) is 10.9. The number of amides is 1. The smallest absolute Gasteiger partial charge is 0.263 e. The van der Waals surface area contributed by atoms with Gasteiger partial charge in [0.2, 0.25) is 0 Å². The lowest BCUT2D eigenvalue weighted by molar-refractivity contribution is -0.134. The molecule has 0 aliphatic heterocycles. The van der Waals surface area contributed by atoms with Crippen LogP contribution in [0.15, 0.2) is 47.1 Å². The summed E-state index contributed by atoms with van der Waals surface area (Å²) in [4.78, 5) is 12.2. The van der Waals surface area contributed by atoms with E-state index in [9.17, 15) is 9.90 Å². The predicted octanol–water partition coefficient (Wildman–Crippen LogP) is 3.33. The third kappa shape index (κ3) is 5.01. The summed E-state index contributed by atoms with van der Waals surface area (Å²) in [5.74, 6) is 0.778. The first-order valence-corrected chi connectivity index (χ1v) is 7.70. The lowest BCUT2D eigenvalue weighted by atomic mass is 10.1. The largest absolute Gasteiger partial charge is 0.478 e. The monoisotopic (exact) mass is 337 g/mol. The Labute approximate surface area is 140 Å². The molecule has 1 aromatic carbocycles. The number of nitrogens with one attached hydrogen (secondary N) is 1. The summed E-state index contributed by atoms with van der Waals surface area (Å²) in [5, 5.41) is 13.3. The van der Waals surface area contributed by atoms with Crippen LogP contribution in [0.25, 0.3) is 0 Å². The third-order valence-electron chi connectivity index (χ3n) is 3.31. The zero-order chi connectivity index (χ0) is 16.9. The minimum Gasteiger partial charge on any atom is -0.478 e. The van der Waals surface area contributed by atoms with Gasteiger partial charge in [0, 0.05) is 11.6 Å². The van der Waals surface area contributed by atoms with Gasteiger partial charge in [-0.1, -0.05) is 11.6 Å². The predicted molar refractivity (Wildman–Crippen MR) is 87.5 cm³/mol. The highest BCUT2D eigenvalue weighted by molar-refractivity contribution is 6.30. The van der Waals surface area contributed by atoms with Gasteiger partial charge >= 0.3 is 0 Å². The van der Waals surface area contributed by atoms with E-state index in [2.05, 4.69) is 5.32 Å². The van der Waals surface area contributed by atoms with Gasteiger partial charge in [-0.25, -0.2) is 0 Å². The molecule has 1 aromatic heterocycles. The molecular weight excluding hydrogens is 318 g/mol. The van der Waals surface area contributed by atoms with Crippen LogP contribution in [0, 0.1) is 0 Å². The number of aliphatic hydroxyl groups excluding tert-OH is 1. The summed E-state index contributed by atoms with van der Waals surface area (Å²) < 4.78 is 10.8. The zero-order valence-corrected chi connectivity index (χ0v) is 13.8. The van der Waals surface area contributed by atoms with E-state index in [1.807, 2.05) is 0 Å². The summed E-state index contributed by atoms with van der Waals surface area (Å²) in [6, 6.07) is 10.2. The first-order valence-electron chi connectivity index (χ1n) is 7.33. The van der Waals surface area contributed by atoms with E-state index in [1.165, 1.54) is 6.26 Å². The molecule has 0 radical (unpaired) electrons. The molecular formula is C17H20ClNO4. The molecule has 0 bridgehead atoms. The van der Waals surface area contributed by atoms with Crippen molar-refractivity contribution in [3.8, 4) is 5.75 Å². The quantitative estimate of drug-likeness (QED) is 0.813. The Bertz CT molecular complexity index is 623. The summed E-state index contributed by atoms with van der Waals surface area (Å²) in [5.41, 5.74) is -1.04. The van der Waals surface area contributed by atoms with Crippen molar-refractivity contribution in [2.45, 2.75) is 32.0 Å². The molecule has 0 fully saturated rings. The average Bonchev–Trinajstić information content (AvgIpc) is 3.03. The number of rotatable bonds is 7. The van der Waals surface area contributed by atoms with Gasteiger partial charge in [0.25, 0.3) is 5.91 Å². The average molecular weight is 338 g/mol. The second-order valence-corrected chi connectivity index (χ2v) is 6.08. The second kappa shape index (κ2) is 7.53. The van der Waals surface area contributed by atoms with Gasteiger partial charge in [-0.2, -0.15) is 0 Å². The van der Waals surface area contributed by atoms with E-state index < -0.39 is 11.7 Å². The van der Waals surface area contributed by atoms with Crippen LogP contribution in [-0.2, 0) is 4.79 Å². The van der Waals surface area contributed by atoms with Gasteiger partial charge in [0.05, 0.1) is 6.26 Å². The standard InChI is InChI=1S/C17H20ClNO4/c1-17(2,23-13-7-5-12(18)6-8-13)16(21)19-10-9-14(20)15-4-3-11-22-15/h3-8,11,14,20H,9-10H2,1-2H3,(H,19,21). The highest BCUT2D eigenvalue weighted by Gasteiger charge is 2.29. The molecule has 2 N–H and O–H groups in total. The summed E-state index contributed by atoms with van der Waals surface area (Å²) in [7, 11) is 0. The maximum Gasteiger partial charge on any atom is 0.263 e. The fraction of sp³-hybridized carbons (Fsp3) is 0.353. The molecule has 1 amide bonds. The Balaban J connectivity index is 1.82. The number of ether oxygens (including phenoxy) is 1. The topological polar surface area (TPSA) is 71.7 Å². The molecule has 6 heteroatoms. The van der Waals surface area contributed by atoms with E-state index in [0.717, 1.165) is 0 Å². The van der Waals surface area contributed by atoms with E-state index >= 15 is 0 Å². The SMILES string of the molecule is CC(C)(Oc1ccc(Cl)cc1)C(=O)NCCC(O)c1ccco1. The Morgan fingerprint density at radius 1 is 1.35 bits per heavy atom. The van der Waals surface area contributed by atoms with Gasteiger partial charge in [-0.05, 0) is 56.7 Å². The van der Waals surface area contributed by atoms with Crippen molar-refractivity contribution < 1.29 is 19.1 Å². The molecule has 0 aliphatic rings. The third-order valence-corrected chi connectivity index (χ3v) is 3.56. The Hall–Kier alpha value is -1.98. The van der Waals surface area contributed by atoms with Crippen LogP contribution in [0.1, 0.15) is 32.1 Å². The highest BCUT2D eigenvalue weighted by Crippen LogP contribution is 2.21. The first kappa shape index (κ1) is 17.4. The Morgan fingerprint density at radius 2 is 2.04 bits per heavy atom. The number of carbonyl (C=O) groups excluding carboxylic acids is 1. The molecule has 1 atom stereocenters. The van der Waals surface area contributed by atoms with Crippen molar-refractivity contribution in [1.82, 2.24) is 5.32 Å². The van der Waals surface area contributed by atoms with Crippen molar-refractivity contribution in [1.29, 1.82) is 0 Å². The van der Waals surface area contributed by atoms with Crippen LogP contribution in [0.2, 0.25) is 5.02 Å². The normalized spacial score (nSPS) is 12.7. The van der Waals surface area contributed by atoms with Crippen LogP contribution in [-0.4, -0.2) is 23.2 Å². The molecule has 0 saturated heterocycles. The summed E-state index contributed by atoms with van der Waals surface area (Å²) >= 11 is 5.82. The lowest BCUT2D eigenvalue weighted by Gasteiger charge is -2.25. The molecule has 124 valence electrons. The van der Waals surface area contributed by atoms with Crippen LogP contribution in [0.4, 0.5) is 0 Å². The Kier molecular flexibility index (Phi) is 5.69. The van der Waals surface area contributed by atoms with Crippen molar-refractivity contribution in [3.05, 3.63) is 53.4 Å². The van der Waals surface area contributed by atoms with Crippen molar-refractivity contribution >= 4 is 17.5 Å². The molecule has 0 saturated carbocycles. The van der Waals surface area contributed by atoms with Gasteiger partial charge in [-0.15, -0.1) is 0 Å². The molecule has 5 nitrogen and oxygen atoms in total. The molecule has 0 spiro atoms. The number of benzene rings is 1. The fourth-order valence-corrected chi connectivity index (χ4v) is 2.13. The molecule has 0 aliphatic carbocycles. The van der Waals surface area contributed by atoms with Crippen LogP contribution >= 0.6 is 11.6 Å². The lowest BCUT2D eigenvalue weighted by Crippen LogP contribution is -2.47. The zero-order valence-electron chi connectivity index (χ0n) is 13.1. The van der Waals surface area contributed by atoms with Crippen LogP contribution < -0.4 is 10.1 Å². The number of halogens is 1. The van der Waals surface area contributed by atoms with Gasteiger partial charge in [-0.3, -0.25) is 4.79 Å². The molecule has 23 heavy (non-hydrogen) atoms. The van der Waals surface area contributed by atoms with Gasteiger partial charge in [0.15, 0.2) is 5.60 Å². The van der Waals surface area contributed by atoms with E-state index in [4.69, 9.17) is 20.8 Å². The number of hydrogen-bond donors (Lipinski definition) is 2. The van der Waals surface area contributed by atoms with Crippen LogP contribution in [0.3, 0.4) is 0 Å². The second-order valence-electron chi connectivity index (χ2n) is 5.64. The van der Waals surface area contributed by atoms with Crippen molar-refractivity contribution in [3.63, 3.8) is 0 Å². The number of furan rings is 1. The summed E-state index contributed by atoms with van der Waals surface area (Å²) in [6.45, 7) is 3.67. The maximum absolute atomic E-state index is 12.2. The number of hydrogen-bond acceptors (Lipinski definition) is 4. The fourth-order valence-electron chi connectivity index (χ4n) is 2.00. The van der Waals surface area contributed by atoms with Crippen molar-refractivity contribution in [2.75, 3.05) is 6.54 Å². The van der Waals surface area contributed by atoms with Crippen LogP contribution in [0.5, 0.6) is 5.75 Å². The molecule has 2 rings (SSSR count). The molecule has 1 heterocycles. The van der Waals surface area contributed by atoms with E-state index in [-0.39, 0.29) is 5.91 Å². The van der Waals surface area contributed by atoms with Crippen molar-refractivity contribution in [2.24, 2.45) is 0 Å². The maximum atomic E-state index is 12.2. The number of aliphatic hydroxyl groups is 1. The highest BCUT2D eigenvalue weighted by atomic mass is 35.5.